The zero-order chi connectivity index (χ0) is 15.5. The third kappa shape index (κ3) is 9.61. The Morgan fingerprint density at radius 2 is 1.60 bits per heavy atom. The van der Waals surface area contributed by atoms with Gasteiger partial charge in [-0.15, -0.1) is 0 Å². The molecule has 0 aromatic heterocycles. The Bertz CT molecular complexity index is 297. The monoisotopic (exact) mass is 288 g/mol. The van der Waals surface area contributed by atoms with Gasteiger partial charge in [-0.1, -0.05) is 13.3 Å². The second-order valence-electron chi connectivity index (χ2n) is 5.37. The summed E-state index contributed by atoms with van der Waals surface area (Å²) >= 11 is 0. The predicted molar refractivity (Wildman–Crippen MR) is 77.7 cm³/mol. The van der Waals surface area contributed by atoms with Crippen LogP contribution in [-0.2, 0) is 9.53 Å². The van der Waals surface area contributed by atoms with Crippen LogP contribution in [0.2, 0.25) is 0 Å². The molecule has 0 spiro atoms. The van der Waals surface area contributed by atoms with Gasteiger partial charge in [0, 0.05) is 25.8 Å². The number of aliphatic carboxylic acids is 1. The van der Waals surface area contributed by atoms with E-state index in [4.69, 9.17) is 9.84 Å². The Kier molecular flexibility index (Phi) is 9.80. The molecule has 0 fully saturated rings. The molecule has 3 unspecified atom stereocenters. The maximum atomic E-state index is 11.7. The molecule has 0 bridgehead atoms. The van der Waals surface area contributed by atoms with Gasteiger partial charge in [0.2, 0.25) is 0 Å². The molecular formula is C14H28N2O4. The number of ether oxygens (including phenoxy) is 1. The number of urea groups is 1. The van der Waals surface area contributed by atoms with Crippen LogP contribution in [0, 0.1) is 5.92 Å². The Morgan fingerprint density at radius 1 is 1.05 bits per heavy atom. The van der Waals surface area contributed by atoms with Crippen LogP contribution in [0.5, 0.6) is 0 Å². The van der Waals surface area contributed by atoms with Gasteiger partial charge in [0.1, 0.15) is 0 Å². The molecule has 118 valence electrons. The average Bonchev–Trinajstić information content (AvgIpc) is 2.35. The molecule has 0 saturated heterocycles. The smallest absolute Gasteiger partial charge is 0.315 e. The molecule has 0 radical (unpaired) electrons. The largest absolute Gasteiger partial charge is 0.481 e. The van der Waals surface area contributed by atoms with E-state index >= 15 is 0 Å². The Labute approximate surface area is 121 Å². The summed E-state index contributed by atoms with van der Waals surface area (Å²) in [6.07, 6.45) is 2.97. The maximum Gasteiger partial charge on any atom is 0.315 e. The predicted octanol–water partition coefficient (Wildman–Crippen LogP) is 1.99. The Hall–Kier alpha value is -1.30. The van der Waals surface area contributed by atoms with Crippen molar-refractivity contribution in [1.29, 1.82) is 0 Å². The topological polar surface area (TPSA) is 87.7 Å². The summed E-state index contributed by atoms with van der Waals surface area (Å²) in [6, 6.07) is -0.0906. The first-order valence-corrected chi connectivity index (χ1v) is 7.15. The van der Waals surface area contributed by atoms with Crippen molar-refractivity contribution in [3.05, 3.63) is 0 Å². The van der Waals surface area contributed by atoms with Crippen molar-refractivity contribution in [3.63, 3.8) is 0 Å². The maximum absolute atomic E-state index is 11.7. The van der Waals surface area contributed by atoms with Gasteiger partial charge in [0.25, 0.3) is 0 Å². The standard InChI is InChI=1S/C14H28N2O4/c1-10(13(17)18)6-5-7-11(2)15-14(19)16-12(3)8-9-20-4/h10-12H,5-9H2,1-4H3,(H,17,18)(H2,15,16,19). The molecule has 6 heteroatoms. The molecule has 3 atom stereocenters. The molecular weight excluding hydrogens is 260 g/mol. The van der Waals surface area contributed by atoms with Crippen LogP contribution in [0.3, 0.4) is 0 Å². The summed E-state index contributed by atoms with van der Waals surface area (Å²) < 4.78 is 4.95. The van der Waals surface area contributed by atoms with Crippen LogP contribution < -0.4 is 10.6 Å². The van der Waals surface area contributed by atoms with Crippen LogP contribution in [0.1, 0.15) is 46.5 Å². The first-order valence-electron chi connectivity index (χ1n) is 7.15. The third-order valence-corrected chi connectivity index (χ3v) is 3.21. The van der Waals surface area contributed by atoms with Crippen LogP contribution >= 0.6 is 0 Å². The van der Waals surface area contributed by atoms with Gasteiger partial charge in [-0.05, 0) is 33.1 Å². The van der Waals surface area contributed by atoms with Gasteiger partial charge in [-0.25, -0.2) is 4.79 Å². The lowest BCUT2D eigenvalue weighted by Crippen LogP contribution is -2.44. The number of carboxylic acid groups (broad SMARTS) is 1. The minimum atomic E-state index is -0.768. The van der Waals surface area contributed by atoms with E-state index in [1.165, 1.54) is 0 Å². The summed E-state index contributed by atoms with van der Waals surface area (Å²) in [4.78, 5) is 22.3. The molecule has 0 aromatic rings. The van der Waals surface area contributed by atoms with Crippen LogP contribution in [-0.4, -0.2) is 42.9 Å². The molecule has 20 heavy (non-hydrogen) atoms. The summed E-state index contributed by atoms with van der Waals surface area (Å²) in [5, 5.41) is 14.5. The van der Waals surface area contributed by atoms with Crippen molar-refractivity contribution < 1.29 is 19.4 Å². The van der Waals surface area contributed by atoms with Crippen molar-refractivity contribution in [2.45, 2.75) is 58.5 Å². The molecule has 0 aliphatic carbocycles. The van der Waals surface area contributed by atoms with E-state index < -0.39 is 5.97 Å². The third-order valence-electron chi connectivity index (χ3n) is 3.21. The highest BCUT2D eigenvalue weighted by molar-refractivity contribution is 5.74. The van der Waals surface area contributed by atoms with E-state index in [-0.39, 0.29) is 24.0 Å². The number of carbonyl (C=O) groups excluding carboxylic acids is 1. The van der Waals surface area contributed by atoms with Gasteiger partial charge in [-0.2, -0.15) is 0 Å². The zero-order valence-corrected chi connectivity index (χ0v) is 12.9. The van der Waals surface area contributed by atoms with E-state index in [0.717, 1.165) is 19.3 Å². The number of carboxylic acids is 1. The molecule has 0 rings (SSSR count). The van der Waals surface area contributed by atoms with E-state index in [0.29, 0.717) is 13.0 Å². The average molecular weight is 288 g/mol. The van der Waals surface area contributed by atoms with Crippen molar-refractivity contribution >= 4 is 12.0 Å². The van der Waals surface area contributed by atoms with E-state index in [1.54, 1.807) is 14.0 Å². The number of hydrogen-bond donors (Lipinski definition) is 3. The van der Waals surface area contributed by atoms with E-state index in [2.05, 4.69) is 10.6 Å². The molecule has 6 nitrogen and oxygen atoms in total. The van der Waals surface area contributed by atoms with Crippen molar-refractivity contribution in [2.24, 2.45) is 5.92 Å². The van der Waals surface area contributed by atoms with Gasteiger partial charge in [-0.3, -0.25) is 4.79 Å². The second-order valence-corrected chi connectivity index (χ2v) is 5.37. The fourth-order valence-electron chi connectivity index (χ4n) is 1.78. The number of hydrogen-bond acceptors (Lipinski definition) is 3. The first-order chi connectivity index (χ1) is 9.36. The zero-order valence-electron chi connectivity index (χ0n) is 12.9. The quantitative estimate of drug-likeness (QED) is 0.573. The molecule has 0 aliphatic rings. The van der Waals surface area contributed by atoms with Crippen LogP contribution in [0.25, 0.3) is 0 Å². The van der Waals surface area contributed by atoms with E-state index in [9.17, 15) is 9.59 Å². The number of methoxy groups -OCH3 is 1. The minimum absolute atomic E-state index is 0.0330. The SMILES string of the molecule is COCCC(C)NC(=O)NC(C)CCCC(C)C(=O)O. The fourth-order valence-corrected chi connectivity index (χ4v) is 1.78. The molecule has 0 saturated carbocycles. The molecule has 0 heterocycles. The summed E-state index contributed by atoms with van der Waals surface area (Å²) in [5.74, 6) is -1.10. The first kappa shape index (κ1) is 18.7. The Morgan fingerprint density at radius 3 is 2.10 bits per heavy atom. The van der Waals surface area contributed by atoms with Crippen LogP contribution in [0.15, 0.2) is 0 Å². The van der Waals surface area contributed by atoms with Crippen molar-refractivity contribution in [3.8, 4) is 0 Å². The molecule has 2 amide bonds. The number of rotatable bonds is 10. The van der Waals surface area contributed by atoms with Gasteiger partial charge < -0.3 is 20.5 Å². The summed E-state index contributed by atoms with van der Waals surface area (Å²) in [7, 11) is 1.63. The lowest BCUT2D eigenvalue weighted by atomic mass is 10.0. The van der Waals surface area contributed by atoms with Gasteiger partial charge in [0.15, 0.2) is 0 Å². The Balaban J connectivity index is 3.76. The minimum Gasteiger partial charge on any atom is -0.481 e. The fraction of sp³-hybridized carbons (Fsp3) is 0.857. The van der Waals surface area contributed by atoms with Crippen molar-refractivity contribution in [2.75, 3.05) is 13.7 Å². The highest BCUT2D eigenvalue weighted by atomic mass is 16.5. The lowest BCUT2D eigenvalue weighted by Gasteiger charge is -2.18. The number of carbonyl (C=O) groups is 2. The number of amides is 2. The highest BCUT2D eigenvalue weighted by Gasteiger charge is 2.13. The summed E-state index contributed by atoms with van der Waals surface area (Å²) in [5.41, 5.74) is 0. The van der Waals surface area contributed by atoms with Crippen molar-refractivity contribution in [1.82, 2.24) is 10.6 Å². The summed E-state index contributed by atoms with van der Waals surface area (Å²) in [6.45, 7) is 6.16. The van der Waals surface area contributed by atoms with E-state index in [1.807, 2.05) is 13.8 Å². The number of nitrogens with one attached hydrogen (secondary N) is 2. The molecule has 3 N–H and O–H groups in total. The second kappa shape index (κ2) is 10.5. The molecule has 0 aromatic carbocycles. The molecule has 0 aliphatic heterocycles. The highest BCUT2D eigenvalue weighted by Crippen LogP contribution is 2.09. The van der Waals surface area contributed by atoms with Gasteiger partial charge >= 0.3 is 12.0 Å². The van der Waals surface area contributed by atoms with Crippen LogP contribution in [0.4, 0.5) is 4.79 Å². The lowest BCUT2D eigenvalue weighted by molar-refractivity contribution is -0.141. The van der Waals surface area contributed by atoms with Gasteiger partial charge in [0.05, 0.1) is 5.92 Å². The normalized spacial score (nSPS) is 15.2.